The van der Waals surface area contributed by atoms with E-state index < -0.39 is 17.8 Å². The van der Waals surface area contributed by atoms with Gasteiger partial charge in [-0.3, -0.25) is 0 Å². The van der Waals surface area contributed by atoms with Gasteiger partial charge in [0.2, 0.25) is 11.9 Å². The van der Waals surface area contributed by atoms with Gasteiger partial charge in [-0.25, -0.2) is 28.4 Å². The second-order valence-corrected chi connectivity index (χ2v) is 8.91. The van der Waals surface area contributed by atoms with Gasteiger partial charge in [-0.15, -0.1) is 5.10 Å². The van der Waals surface area contributed by atoms with E-state index in [1.54, 1.807) is 30.2 Å². The molecule has 9 nitrogen and oxygen atoms in total. The minimum atomic E-state index is -2.51. The summed E-state index contributed by atoms with van der Waals surface area (Å²) < 4.78 is 29.1. The van der Waals surface area contributed by atoms with Crippen LogP contribution >= 0.6 is 0 Å². The molecule has 1 saturated heterocycles. The Labute approximate surface area is 200 Å². The van der Waals surface area contributed by atoms with Crippen LogP contribution in [0.3, 0.4) is 0 Å². The molecule has 1 saturated carbocycles. The Morgan fingerprint density at radius 3 is 2.51 bits per heavy atom. The minimum absolute atomic E-state index is 0.230. The quantitative estimate of drug-likeness (QED) is 0.449. The highest BCUT2D eigenvalue weighted by Gasteiger charge is 2.69. The SMILES string of the molecule is Cn1nc(-c2ccc(N3CCC4C(C3)C4(F)F)nc2)nc1Nc1ccc(-c2ccnc(N)n2)cc1. The Bertz CT molecular complexity index is 1370. The highest BCUT2D eigenvalue weighted by Crippen LogP contribution is 2.59. The molecule has 0 amide bonds. The molecule has 4 heterocycles. The number of rotatable bonds is 5. The van der Waals surface area contributed by atoms with Crippen molar-refractivity contribution in [3.8, 4) is 22.6 Å². The lowest BCUT2D eigenvalue weighted by Crippen LogP contribution is -2.32. The highest BCUT2D eigenvalue weighted by molar-refractivity contribution is 5.66. The number of hydrogen-bond donors (Lipinski definition) is 2. The van der Waals surface area contributed by atoms with Gasteiger partial charge in [0.1, 0.15) is 5.82 Å². The van der Waals surface area contributed by atoms with E-state index in [4.69, 9.17) is 5.73 Å². The zero-order valence-electron chi connectivity index (χ0n) is 18.9. The molecule has 6 rings (SSSR count). The summed E-state index contributed by atoms with van der Waals surface area (Å²) in [6.45, 7) is 0.950. The third-order valence-corrected chi connectivity index (χ3v) is 6.70. The summed E-state index contributed by atoms with van der Waals surface area (Å²) >= 11 is 0. The molecule has 178 valence electrons. The monoisotopic (exact) mass is 475 g/mol. The molecule has 1 aliphatic carbocycles. The summed E-state index contributed by atoms with van der Waals surface area (Å²) in [5.74, 6) is -1.49. The largest absolute Gasteiger partial charge is 0.368 e. The Morgan fingerprint density at radius 1 is 1.00 bits per heavy atom. The van der Waals surface area contributed by atoms with E-state index in [1.807, 2.05) is 41.3 Å². The van der Waals surface area contributed by atoms with Gasteiger partial charge >= 0.3 is 0 Å². The van der Waals surface area contributed by atoms with E-state index in [9.17, 15) is 8.78 Å². The lowest BCUT2D eigenvalue weighted by atomic mass is 10.1. The van der Waals surface area contributed by atoms with Crippen LogP contribution in [0.2, 0.25) is 0 Å². The average molecular weight is 476 g/mol. The van der Waals surface area contributed by atoms with Gasteiger partial charge in [0.25, 0.3) is 5.92 Å². The van der Waals surface area contributed by atoms with E-state index in [0.717, 1.165) is 22.5 Å². The minimum Gasteiger partial charge on any atom is -0.368 e. The number of aryl methyl sites for hydroxylation is 1. The summed E-state index contributed by atoms with van der Waals surface area (Å²) in [6, 6.07) is 13.2. The van der Waals surface area contributed by atoms with Crippen molar-refractivity contribution in [2.75, 3.05) is 29.0 Å². The molecule has 2 aliphatic rings. The highest BCUT2D eigenvalue weighted by atomic mass is 19.3. The molecule has 0 spiro atoms. The van der Waals surface area contributed by atoms with E-state index in [0.29, 0.717) is 37.1 Å². The molecule has 0 bridgehead atoms. The Balaban J connectivity index is 1.15. The third kappa shape index (κ3) is 3.92. The fourth-order valence-corrected chi connectivity index (χ4v) is 4.64. The topological polar surface area (TPSA) is 111 Å². The van der Waals surface area contributed by atoms with Gasteiger partial charge in [-0.1, -0.05) is 12.1 Å². The van der Waals surface area contributed by atoms with Gasteiger partial charge < -0.3 is 16.0 Å². The molecular weight excluding hydrogens is 452 g/mol. The van der Waals surface area contributed by atoms with Crippen LogP contribution in [0.15, 0.2) is 54.9 Å². The summed E-state index contributed by atoms with van der Waals surface area (Å²) in [7, 11) is 1.80. The number of nitrogens with zero attached hydrogens (tertiary/aromatic N) is 7. The Kier molecular flexibility index (Phi) is 4.87. The zero-order valence-corrected chi connectivity index (χ0v) is 18.9. The summed E-state index contributed by atoms with van der Waals surface area (Å²) in [6.07, 6.45) is 3.82. The summed E-state index contributed by atoms with van der Waals surface area (Å²) in [5.41, 5.74) is 8.93. The second-order valence-electron chi connectivity index (χ2n) is 8.91. The number of nitrogens with two attached hydrogens (primary N) is 1. The van der Waals surface area contributed by atoms with Crippen molar-refractivity contribution in [2.24, 2.45) is 18.9 Å². The Morgan fingerprint density at radius 2 is 1.80 bits per heavy atom. The van der Waals surface area contributed by atoms with Crippen molar-refractivity contribution in [3.05, 3.63) is 54.9 Å². The number of aromatic nitrogens is 6. The van der Waals surface area contributed by atoms with Crippen LogP contribution in [0.25, 0.3) is 22.6 Å². The lowest BCUT2D eigenvalue weighted by molar-refractivity contribution is 0.0870. The number of benzene rings is 1. The number of halogens is 2. The summed E-state index contributed by atoms with van der Waals surface area (Å²) in [5, 5.41) is 7.76. The van der Waals surface area contributed by atoms with Crippen LogP contribution in [0.5, 0.6) is 0 Å². The molecule has 2 atom stereocenters. The van der Waals surface area contributed by atoms with Gasteiger partial charge in [0, 0.05) is 61.2 Å². The normalized spacial score (nSPS) is 20.4. The van der Waals surface area contributed by atoms with Crippen LogP contribution in [-0.4, -0.2) is 48.7 Å². The molecule has 11 heteroatoms. The second kappa shape index (κ2) is 7.97. The average Bonchev–Trinajstić information content (AvgIpc) is 3.22. The number of alkyl halides is 2. The fourth-order valence-electron chi connectivity index (χ4n) is 4.64. The number of nitrogens with one attached hydrogen (secondary N) is 1. The maximum atomic E-state index is 13.7. The predicted octanol–water partition coefficient (Wildman–Crippen LogP) is 3.75. The first-order valence-corrected chi connectivity index (χ1v) is 11.3. The van der Waals surface area contributed by atoms with Crippen molar-refractivity contribution in [3.63, 3.8) is 0 Å². The first kappa shape index (κ1) is 21.4. The first-order valence-electron chi connectivity index (χ1n) is 11.3. The first-order chi connectivity index (χ1) is 16.9. The van der Waals surface area contributed by atoms with Crippen molar-refractivity contribution in [1.82, 2.24) is 29.7 Å². The molecule has 1 aliphatic heterocycles. The number of pyridine rings is 1. The third-order valence-electron chi connectivity index (χ3n) is 6.70. The smallest absolute Gasteiger partial charge is 0.256 e. The molecule has 2 unspecified atom stereocenters. The number of anilines is 4. The Hall–Kier alpha value is -4.15. The van der Waals surface area contributed by atoms with Crippen LogP contribution in [-0.2, 0) is 7.05 Å². The molecule has 3 N–H and O–H groups in total. The summed E-state index contributed by atoms with van der Waals surface area (Å²) in [4.78, 5) is 19.2. The van der Waals surface area contributed by atoms with Crippen LogP contribution in [0.4, 0.5) is 32.2 Å². The van der Waals surface area contributed by atoms with E-state index in [1.165, 1.54) is 0 Å². The maximum absolute atomic E-state index is 13.7. The van der Waals surface area contributed by atoms with Crippen molar-refractivity contribution >= 4 is 23.4 Å². The zero-order chi connectivity index (χ0) is 24.2. The van der Waals surface area contributed by atoms with E-state index >= 15 is 0 Å². The molecule has 1 aromatic carbocycles. The van der Waals surface area contributed by atoms with Gasteiger partial charge in [0.15, 0.2) is 5.82 Å². The molecule has 3 aromatic heterocycles. The van der Waals surface area contributed by atoms with Crippen molar-refractivity contribution < 1.29 is 8.78 Å². The van der Waals surface area contributed by atoms with Gasteiger partial charge in [-0.2, -0.15) is 4.98 Å². The molecule has 0 radical (unpaired) electrons. The number of hydrogen-bond acceptors (Lipinski definition) is 8. The standard InChI is InChI=1S/C24H23F2N9/c1-34-23(30-16-5-2-14(3-6-16)19-8-10-28-22(27)31-19)32-21(33-34)15-4-7-20(29-12-15)35-11-9-17-18(13-35)24(17,25)26/h2-8,10,12,17-18H,9,11,13H2,1H3,(H2,27,28,31)(H,30,32,33). The molecule has 2 fully saturated rings. The van der Waals surface area contributed by atoms with Gasteiger partial charge in [-0.05, 0) is 36.8 Å². The lowest BCUT2D eigenvalue weighted by Gasteiger charge is -2.26. The molecule has 35 heavy (non-hydrogen) atoms. The molecule has 4 aromatic rings. The molecular formula is C24H23F2N9. The van der Waals surface area contributed by atoms with Crippen LogP contribution < -0.4 is 16.0 Å². The van der Waals surface area contributed by atoms with E-state index in [-0.39, 0.29) is 5.95 Å². The number of fused-ring (bicyclic) bond motifs is 1. The maximum Gasteiger partial charge on any atom is 0.256 e. The van der Waals surface area contributed by atoms with E-state index in [2.05, 4.69) is 30.4 Å². The van der Waals surface area contributed by atoms with Crippen molar-refractivity contribution in [2.45, 2.75) is 12.3 Å². The van der Waals surface area contributed by atoms with Crippen LogP contribution in [0, 0.1) is 11.8 Å². The fraction of sp³-hybridized carbons (Fsp3) is 0.292. The predicted molar refractivity (Wildman–Crippen MR) is 128 cm³/mol. The van der Waals surface area contributed by atoms with Crippen LogP contribution in [0.1, 0.15) is 6.42 Å². The number of nitrogen functional groups attached to an aromatic ring is 1. The van der Waals surface area contributed by atoms with Crippen molar-refractivity contribution in [1.29, 1.82) is 0 Å². The van der Waals surface area contributed by atoms with Gasteiger partial charge in [0.05, 0.1) is 5.69 Å². The number of piperidine rings is 1.